The van der Waals surface area contributed by atoms with Crippen molar-refractivity contribution in [1.82, 2.24) is 0 Å². The second kappa shape index (κ2) is 7.46. The summed E-state index contributed by atoms with van der Waals surface area (Å²) in [6.45, 7) is 7.72. The second-order valence-corrected chi connectivity index (χ2v) is 10.5. The Bertz CT molecular complexity index is 1090. The summed E-state index contributed by atoms with van der Waals surface area (Å²) in [6, 6.07) is 11.7. The molecule has 0 saturated carbocycles. The molecule has 1 fully saturated rings. The van der Waals surface area contributed by atoms with Crippen LogP contribution in [-0.2, 0) is 20.2 Å². The number of carbonyl (C=O) groups excluding carboxylic acids is 2. The maximum atomic E-state index is 12.8. The van der Waals surface area contributed by atoms with E-state index in [2.05, 4.69) is 5.32 Å². The highest BCUT2D eigenvalue weighted by Gasteiger charge is 2.42. The minimum atomic E-state index is -3.73. The summed E-state index contributed by atoms with van der Waals surface area (Å²) in [5, 5.41) is 2.94. The third kappa shape index (κ3) is 4.16. The van der Waals surface area contributed by atoms with Gasteiger partial charge in [-0.15, -0.1) is 0 Å². The van der Waals surface area contributed by atoms with Crippen LogP contribution >= 0.6 is 11.6 Å². The lowest BCUT2D eigenvalue weighted by Gasteiger charge is -2.23. The Labute approximate surface area is 175 Å². The zero-order chi connectivity index (χ0) is 21.6. The van der Waals surface area contributed by atoms with Crippen molar-refractivity contribution in [3.8, 4) is 0 Å². The molecule has 8 heteroatoms. The van der Waals surface area contributed by atoms with Crippen molar-refractivity contribution in [3.05, 3.63) is 58.6 Å². The number of hydrogen-bond donors (Lipinski definition) is 1. The molecule has 0 aliphatic carbocycles. The fraction of sp³-hybridized carbons (Fsp3) is 0.333. The van der Waals surface area contributed by atoms with E-state index in [1.807, 2.05) is 45.0 Å². The second-order valence-electron chi connectivity index (χ2n) is 8.20. The van der Waals surface area contributed by atoms with Crippen LogP contribution in [0.2, 0.25) is 5.02 Å². The summed E-state index contributed by atoms with van der Waals surface area (Å²) in [7, 11) is -3.73. The molecular weight excluding hydrogens is 412 g/mol. The third-order valence-electron chi connectivity index (χ3n) is 4.78. The van der Waals surface area contributed by atoms with Gasteiger partial charge in [-0.3, -0.25) is 9.59 Å². The lowest BCUT2D eigenvalue weighted by molar-refractivity contribution is -0.119. The van der Waals surface area contributed by atoms with E-state index in [1.54, 1.807) is 6.92 Å². The van der Waals surface area contributed by atoms with Crippen LogP contribution in [0.4, 0.5) is 11.4 Å². The summed E-state index contributed by atoms with van der Waals surface area (Å²) < 4.78 is 25.3. The zero-order valence-corrected chi connectivity index (χ0v) is 18.3. The van der Waals surface area contributed by atoms with Crippen molar-refractivity contribution in [2.24, 2.45) is 5.92 Å². The van der Waals surface area contributed by atoms with Gasteiger partial charge in [0, 0.05) is 5.69 Å². The Morgan fingerprint density at radius 2 is 1.83 bits per heavy atom. The van der Waals surface area contributed by atoms with E-state index in [0.717, 1.165) is 9.87 Å². The van der Waals surface area contributed by atoms with Crippen LogP contribution < -0.4 is 9.62 Å². The first-order valence-electron chi connectivity index (χ1n) is 9.19. The minimum absolute atomic E-state index is 0.0655. The molecule has 6 nitrogen and oxygen atoms in total. The van der Waals surface area contributed by atoms with Crippen LogP contribution in [0.25, 0.3) is 0 Å². The minimum Gasteiger partial charge on any atom is -0.322 e. The van der Waals surface area contributed by atoms with Gasteiger partial charge in [0.1, 0.15) is 0 Å². The number of rotatable bonds is 3. The molecular formula is C21H23ClN2O4S. The Hall–Kier alpha value is -2.38. The summed E-state index contributed by atoms with van der Waals surface area (Å²) in [5.74, 6) is -1.77. The topological polar surface area (TPSA) is 83.6 Å². The number of anilines is 2. The lowest BCUT2D eigenvalue weighted by atomic mass is 9.86. The van der Waals surface area contributed by atoms with Gasteiger partial charge in [-0.2, -0.15) is 0 Å². The predicted octanol–water partition coefficient (Wildman–Crippen LogP) is 4.20. The SMILES string of the molecule is CC1CS(=O)(=O)N(c2ccc(C(=O)Nc3ccccc3C(C)(C)C)c(Cl)c2)C1=O. The summed E-state index contributed by atoms with van der Waals surface area (Å²) in [4.78, 5) is 25.0. The highest BCUT2D eigenvalue weighted by molar-refractivity contribution is 7.94. The fourth-order valence-corrected chi connectivity index (χ4v) is 5.41. The fourth-order valence-electron chi connectivity index (χ4n) is 3.34. The van der Waals surface area contributed by atoms with E-state index in [1.165, 1.54) is 18.2 Å². The van der Waals surface area contributed by atoms with Crippen LogP contribution in [-0.4, -0.2) is 26.0 Å². The van der Waals surface area contributed by atoms with Gasteiger partial charge in [0.05, 0.1) is 27.9 Å². The molecule has 1 unspecified atom stereocenters. The zero-order valence-electron chi connectivity index (χ0n) is 16.7. The van der Waals surface area contributed by atoms with Gasteiger partial charge in [0.25, 0.3) is 5.91 Å². The van der Waals surface area contributed by atoms with Gasteiger partial charge in [-0.25, -0.2) is 12.7 Å². The van der Waals surface area contributed by atoms with E-state index in [4.69, 9.17) is 11.6 Å². The molecule has 2 aromatic rings. The maximum absolute atomic E-state index is 12.8. The van der Waals surface area contributed by atoms with Crippen molar-refractivity contribution >= 4 is 44.8 Å². The molecule has 154 valence electrons. The number of para-hydroxylation sites is 1. The standard InChI is InChI=1S/C21H23ClN2O4S/c1-13-12-29(27,28)24(20(13)26)14-9-10-15(17(22)11-14)19(25)23-18-8-6-5-7-16(18)21(2,3)4/h5-11,13H,12H2,1-4H3,(H,23,25). The first-order chi connectivity index (χ1) is 13.4. The number of hydrogen-bond acceptors (Lipinski definition) is 4. The molecule has 1 heterocycles. The van der Waals surface area contributed by atoms with Crippen LogP contribution in [0.1, 0.15) is 43.6 Å². The number of carbonyl (C=O) groups is 2. The van der Waals surface area contributed by atoms with Gasteiger partial charge < -0.3 is 5.32 Å². The normalized spacial score (nSPS) is 18.7. The van der Waals surface area contributed by atoms with Crippen LogP contribution in [0.15, 0.2) is 42.5 Å². The largest absolute Gasteiger partial charge is 0.322 e. The number of benzene rings is 2. The molecule has 1 saturated heterocycles. The number of nitrogens with one attached hydrogen (secondary N) is 1. The highest BCUT2D eigenvalue weighted by Crippen LogP contribution is 2.33. The Kier molecular flexibility index (Phi) is 5.49. The quantitative estimate of drug-likeness (QED) is 0.784. The predicted molar refractivity (Wildman–Crippen MR) is 115 cm³/mol. The molecule has 0 bridgehead atoms. The monoisotopic (exact) mass is 434 g/mol. The van der Waals surface area contributed by atoms with Crippen molar-refractivity contribution in [3.63, 3.8) is 0 Å². The van der Waals surface area contributed by atoms with E-state index < -0.39 is 27.8 Å². The molecule has 0 aromatic heterocycles. The van der Waals surface area contributed by atoms with Gasteiger partial charge >= 0.3 is 0 Å². The third-order valence-corrected chi connectivity index (χ3v) is 6.96. The molecule has 1 atom stereocenters. The van der Waals surface area contributed by atoms with Gasteiger partial charge in [-0.05, 0) is 35.2 Å². The summed E-state index contributed by atoms with van der Waals surface area (Å²) in [5.41, 5.74) is 1.81. The smallest absolute Gasteiger partial charge is 0.257 e. The van der Waals surface area contributed by atoms with Gasteiger partial charge in [0.2, 0.25) is 15.9 Å². The molecule has 3 rings (SSSR count). The Balaban J connectivity index is 1.91. The molecule has 1 aliphatic rings. The average molecular weight is 435 g/mol. The molecule has 1 aliphatic heterocycles. The van der Waals surface area contributed by atoms with Crippen molar-refractivity contribution in [2.45, 2.75) is 33.1 Å². The summed E-state index contributed by atoms with van der Waals surface area (Å²) >= 11 is 6.28. The average Bonchev–Trinajstić information content (AvgIpc) is 2.81. The van der Waals surface area contributed by atoms with E-state index in [0.29, 0.717) is 5.69 Å². The summed E-state index contributed by atoms with van der Waals surface area (Å²) in [6.07, 6.45) is 0. The van der Waals surface area contributed by atoms with Gasteiger partial charge in [0.15, 0.2) is 0 Å². The number of nitrogens with zero attached hydrogens (tertiary/aromatic N) is 1. The first kappa shape index (κ1) is 21.3. The van der Waals surface area contributed by atoms with E-state index in [9.17, 15) is 18.0 Å². The number of amides is 2. The van der Waals surface area contributed by atoms with Crippen molar-refractivity contribution in [1.29, 1.82) is 0 Å². The Morgan fingerprint density at radius 1 is 1.17 bits per heavy atom. The lowest BCUT2D eigenvalue weighted by Crippen LogP contribution is -2.30. The number of halogens is 1. The molecule has 2 amide bonds. The molecule has 0 spiro atoms. The number of sulfonamides is 1. The van der Waals surface area contributed by atoms with Crippen LogP contribution in [0.3, 0.4) is 0 Å². The van der Waals surface area contributed by atoms with E-state index >= 15 is 0 Å². The Morgan fingerprint density at radius 3 is 2.38 bits per heavy atom. The van der Waals surface area contributed by atoms with Gasteiger partial charge in [-0.1, -0.05) is 57.5 Å². The first-order valence-corrected chi connectivity index (χ1v) is 11.2. The van der Waals surface area contributed by atoms with Crippen molar-refractivity contribution in [2.75, 3.05) is 15.4 Å². The van der Waals surface area contributed by atoms with Crippen LogP contribution in [0.5, 0.6) is 0 Å². The van der Waals surface area contributed by atoms with Crippen molar-refractivity contribution < 1.29 is 18.0 Å². The highest BCUT2D eigenvalue weighted by atomic mass is 35.5. The molecule has 1 N–H and O–H groups in total. The van der Waals surface area contributed by atoms with Crippen LogP contribution in [0, 0.1) is 5.92 Å². The molecule has 2 aromatic carbocycles. The van der Waals surface area contributed by atoms with E-state index in [-0.39, 0.29) is 27.4 Å². The molecule has 29 heavy (non-hydrogen) atoms. The maximum Gasteiger partial charge on any atom is 0.257 e. The molecule has 0 radical (unpaired) electrons.